The molecule has 290 valence electrons. The number of dihydropyridines is 1. The van der Waals surface area contributed by atoms with Crippen LogP contribution in [0.1, 0.15) is 49.3 Å². The Kier molecular flexibility index (Phi) is 15.0. The molecular weight excluding hydrogens is 710 g/mol. The summed E-state index contributed by atoms with van der Waals surface area (Å²) in [5.41, 5.74) is 4.18. The third-order valence-corrected chi connectivity index (χ3v) is 9.51. The van der Waals surface area contributed by atoms with Gasteiger partial charge in [0.2, 0.25) is 0 Å². The van der Waals surface area contributed by atoms with Crippen molar-refractivity contribution in [1.82, 2.24) is 10.2 Å². The second-order valence-corrected chi connectivity index (χ2v) is 12.9. The van der Waals surface area contributed by atoms with Crippen LogP contribution >= 0.6 is 0 Å². The van der Waals surface area contributed by atoms with Gasteiger partial charge in [-0.3, -0.25) is 15.0 Å². The van der Waals surface area contributed by atoms with Gasteiger partial charge in [0, 0.05) is 54.7 Å². The van der Waals surface area contributed by atoms with Crippen LogP contribution in [0.25, 0.3) is 0 Å². The average molecular weight is 756 g/mol. The lowest BCUT2D eigenvalue weighted by atomic mass is 9.68. The van der Waals surface area contributed by atoms with E-state index in [-0.39, 0.29) is 42.1 Å². The van der Waals surface area contributed by atoms with Gasteiger partial charge in [-0.2, -0.15) is 0 Å². The van der Waals surface area contributed by atoms with E-state index in [1.165, 1.54) is 36.4 Å². The van der Waals surface area contributed by atoms with Crippen LogP contribution in [0, 0.1) is 10.1 Å². The summed E-state index contributed by atoms with van der Waals surface area (Å²) in [6, 6.07) is 27.2. The van der Waals surface area contributed by atoms with Crippen molar-refractivity contribution in [1.29, 1.82) is 0 Å². The number of esters is 2. The van der Waals surface area contributed by atoms with Crippen molar-refractivity contribution in [2.45, 2.75) is 38.0 Å². The van der Waals surface area contributed by atoms with Crippen LogP contribution in [0.3, 0.4) is 0 Å². The highest BCUT2D eigenvalue weighted by atomic mass is 16.6. The minimum Gasteiger partial charge on any atom is -0.478 e. The van der Waals surface area contributed by atoms with Crippen molar-refractivity contribution in [3.8, 4) is 0 Å². The molecule has 3 aromatic carbocycles. The van der Waals surface area contributed by atoms with Crippen LogP contribution in [0.15, 0.2) is 120 Å². The van der Waals surface area contributed by atoms with E-state index in [0.29, 0.717) is 35.7 Å². The maximum atomic E-state index is 13.8. The number of benzene rings is 3. The van der Waals surface area contributed by atoms with Crippen molar-refractivity contribution in [3.05, 3.63) is 146 Å². The molecule has 14 heteroatoms. The number of hydrogen-bond acceptors (Lipinski definition) is 11. The molecule has 3 aromatic rings. The third kappa shape index (κ3) is 11.0. The molecule has 2 aliphatic heterocycles. The van der Waals surface area contributed by atoms with Gasteiger partial charge >= 0.3 is 23.9 Å². The second-order valence-electron chi connectivity index (χ2n) is 12.9. The molecule has 0 radical (unpaired) electrons. The van der Waals surface area contributed by atoms with E-state index < -0.39 is 34.7 Å². The van der Waals surface area contributed by atoms with Crippen molar-refractivity contribution in [2.24, 2.45) is 0 Å². The van der Waals surface area contributed by atoms with Crippen LogP contribution in [-0.2, 0) is 38.8 Å². The zero-order valence-corrected chi connectivity index (χ0v) is 30.9. The first kappa shape index (κ1) is 41.6. The normalized spacial score (nSPS) is 16.7. The Morgan fingerprint density at radius 2 is 1.31 bits per heavy atom. The Labute approximate surface area is 318 Å². The van der Waals surface area contributed by atoms with Crippen molar-refractivity contribution in [3.63, 3.8) is 0 Å². The van der Waals surface area contributed by atoms with Gasteiger partial charge in [-0.05, 0) is 56.5 Å². The summed E-state index contributed by atoms with van der Waals surface area (Å²) in [5, 5.41) is 30.4. The molecule has 3 N–H and O–H groups in total. The summed E-state index contributed by atoms with van der Waals surface area (Å²) < 4.78 is 16.3. The summed E-state index contributed by atoms with van der Waals surface area (Å²) in [5.74, 6) is -4.68. The highest BCUT2D eigenvalue weighted by Crippen LogP contribution is 2.42. The number of non-ortho nitro benzene ring substituents is 1. The van der Waals surface area contributed by atoms with E-state index in [9.17, 15) is 29.3 Å². The number of likely N-dealkylation sites (tertiary alicyclic amines) is 1. The fourth-order valence-electron chi connectivity index (χ4n) is 6.89. The molecule has 1 fully saturated rings. The lowest BCUT2D eigenvalue weighted by Crippen LogP contribution is -2.44. The summed E-state index contributed by atoms with van der Waals surface area (Å²) >= 11 is 0. The number of ether oxygens (including phenoxy) is 3. The number of nitrogens with zero attached hydrogens (tertiary/aromatic N) is 2. The number of rotatable bonds is 14. The molecule has 2 heterocycles. The molecule has 1 atom stereocenters. The summed E-state index contributed by atoms with van der Waals surface area (Å²) in [6.07, 6.45) is 2.97. The zero-order valence-electron chi connectivity index (χ0n) is 30.9. The topological polar surface area (TPSA) is 195 Å². The van der Waals surface area contributed by atoms with E-state index in [2.05, 4.69) is 58.7 Å². The number of nitro groups is 1. The van der Waals surface area contributed by atoms with E-state index in [4.69, 9.17) is 24.4 Å². The number of carboxylic acid groups (broad SMARTS) is 2. The van der Waals surface area contributed by atoms with Gasteiger partial charge in [-0.1, -0.05) is 72.8 Å². The number of carboxylic acids is 2. The molecule has 1 saturated heterocycles. The van der Waals surface area contributed by atoms with E-state index in [0.717, 1.165) is 25.9 Å². The molecule has 5 rings (SSSR count). The summed E-state index contributed by atoms with van der Waals surface area (Å²) in [7, 11) is 1.50. The van der Waals surface area contributed by atoms with Crippen LogP contribution in [0.5, 0.6) is 0 Å². The average Bonchev–Trinajstić information content (AvgIpc) is 3.18. The van der Waals surface area contributed by atoms with Crippen molar-refractivity contribution >= 4 is 29.6 Å². The number of carbonyl (C=O) groups is 4. The zero-order chi connectivity index (χ0) is 40.0. The first-order valence-corrected chi connectivity index (χ1v) is 17.6. The molecule has 1 unspecified atom stereocenters. The number of hydrogen-bond donors (Lipinski definition) is 3. The molecule has 0 aromatic heterocycles. The molecule has 0 saturated carbocycles. The van der Waals surface area contributed by atoms with E-state index in [1.54, 1.807) is 19.9 Å². The van der Waals surface area contributed by atoms with Crippen molar-refractivity contribution < 1.29 is 48.5 Å². The number of methoxy groups -OCH3 is 1. The maximum absolute atomic E-state index is 13.8. The van der Waals surface area contributed by atoms with Crippen LogP contribution in [0.4, 0.5) is 5.69 Å². The Morgan fingerprint density at radius 1 is 0.800 bits per heavy atom. The van der Waals surface area contributed by atoms with Crippen molar-refractivity contribution in [2.75, 3.05) is 46.6 Å². The molecule has 0 amide bonds. The Balaban J connectivity index is 0.000000757. The van der Waals surface area contributed by atoms with Gasteiger partial charge in [0.15, 0.2) is 0 Å². The number of aliphatic carboxylic acids is 2. The molecule has 0 bridgehead atoms. The fraction of sp³-hybridized carbons (Fsp3) is 0.317. The van der Waals surface area contributed by atoms with Gasteiger partial charge in [0.1, 0.15) is 13.2 Å². The van der Waals surface area contributed by atoms with Gasteiger partial charge in [0.25, 0.3) is 5.69 Å². The molecule has 0 spiro atoms. The number of nitrogens with one attached hydrogen (secondary N) is 1. The number of piperidine rings is 1. The largest absolute Gasteiger partial charge is 0.478 e. The lowest BCUT2D eigenvalue weighted by Gasteiger charge is -2.43. The first-order valence-electron chi connectivity index (χ1n) is 17.6. The highest BCUT2D eigenvalue weighted by molar-refractivity contribution is 6.00. The quantitative estimate of drug-likeness (QED) is 0.0627. The van der Waals surface area contributed by atoms with Gasteiger partial charge in [-0.25, -0.2) is 19.2 Å². The minimum absolute atomic E-state index is 0.0158. The Hall–Kier alpha value is -6.12. The highest BCUT2D eigenvalue weighted by Gasteiger charge is 2.40. The second kappa shape index (κ2) is 19.8. The minimum atomic E-state index is -1.26. The van der Waals surface area contributed by atoms with Gasteiger partial charge in [0.05, 0.1) is 28.6 Å². The maximum Gasteiger partial charge on any atom is 0.336 e. The predicted octanol–water partition coefficient (Wildman–Crippen LogP) is 5.36. The molecular formula is C41H45N3O11. The predicted molar refractivity (Wildman–Crippen MR) is 202 cm³/mol. The first-order chi connectivity index (χ1) is 26.4. The summed E-state index contributed by atoms with van der Waals surface area (Å²) in [6.45, 7) is 6.03. The monoisotopic (exact) mass is 755 g/mol. The van der Waals surface area contributed by atoms with Crippen LogP contribution in [-0.4, -0.2) is 90.5 Å². The SMILES string of the molecule is COCCOC(=O)C1=C(C)NC(C)=C(C(=O)OCCN2CCC(c3ccccc3)(c3ccccc3)CC2)C1c1cccc([N+](=O)[O-])c1.O=C(O)/C=C/C(=O)O. The number of carbonyl (C=O) groups excluding carboxylic acids is 2. The molecule has 0 aliphatic carbocycles. The smallest absolute Gasteiger partial charge is 0.336 e. The molecule has 2 aliphatic rings. The number of allylic oxidation sites excluding steroid dienone is 2. The Morgan fingerprint density at radius 3 is 1.78 bits per heavy atom. The van der Waals surface area contributed by atoms with Gasteiger partial charge < -0.3 is 29.7 Å². The van der Waals surface area contributed by atoms with Crippen LogP contribution < -0.4 is 5.32 Å². The lowest BCUT2D eigenvalue weighted by molar-refractivity contribution is -0.384. The van der Waals surface area contributed by atoms with Crippen LogP contribution in [0.2, 0.25) is 0 Å². The number of nitro benzene ring substituents is 1. The molecule has 14 nitrogen and oxygen atoms in total. The summed E-state index contributed by atoms with van der Waals surface area (Å²) in [4.78, 5) is 59.7. The van der Waals surface area contributed by atoms with E-state index in [1.807, 2.05) is 12.1 Å². The van der Waals surface area contributed by atoms with E-state index >= 15 is 0 Å². The molecule has 55 heavy (non-hydrogen) atoms. The fourth-order valence-corrected chi connectivity index (χ4v) is 6.89. The standard InChI is InChI=1S/C37H41N3O7.C4H4O4/c1-26-32(34(28-11-10-16-31(25-28)40(43)44)33(27(2)38-26)36(42)47-24-23-45-3)35(41)46-22-21-39-19-17-37(18-20-39,29-12-6-4-7-13-29)30-14-8-5-9-15-30;5-3(6)1-2-4(7)8/h4-16,25,34,38H,17-24H2,1-3H3;1-2H,(H,5,6)(H,7,8)/b;2-1+. The third-order valence-electron chi connectivity index (χ3n) is 9.51. The Bertz CT molecular complexity index is 1880. The van der Waals surface area contributed by atoms with Gasteiger partial charge in [-0.15, -0.1) is 0 Å².